The standard InChI is InChI=1S/C13H17N3O3S3/c1-3-9-20-13-15-14-12(21-13)16-22(17,18)11-7-5-10(6-8-11)19-4-2/h5-8H,3-4,9H2,1-2H3,(H,14,16). The van der Waals surface area contributed by atoms with Crippen molar-refractivity contribution in [2.24, 2.45) is 0 Å². The van der Waals surface area contributed by atoms with E-state index < -0.39 is 10.0 Å². The molecule has 22 heavy (non-hydrogen) atoms. The molecule has 0 unspecified atom stereocenters. The van der Waals surface area contributed by atoms with Crippen LogP contribution in [0.15, 0.2) is 33.5 Å². The molecule has 2 aromatic rings. The molecule has 0 saturated carbocycles. The minimum Gasteiger partial charge on any atom is -0.494 e. The lowest BCUT2D eigenvalue weighted by atomic mass is 10.3. The summed E-state index contributed by atoms with van der Waals surface area (Å²) in [4.78, 5) is 0.161. The first-order valence-corrected chi connectivity index (χ1v) is 10.1. The lowest BCUT2D eigenvalue weighted by molar-refractivity contribution is 0.340. The number of nitrogens with one attached hydrogen (secondary N) is 1. The average molecular weight is 359 g/mol. The molecule has 0 aliphatic rings. The van der Waals surface area contributed by atoms with Crippen LogP contribution in [0, 0.1) is 0 Å². The van der Waals surface area contributed by atoms with Gasteiger partial charge in [0.05, 0.1) is 11.5 Å². The second-order valence-electron chi connectivity index (χ2n) is 4.23. The summed E-state index contributed by atoms with van der Waals surface area (Å²) in [6.45, 7) is 4.48. The number of anilines is 1. The predicted octanol–water partition coefficient (Wildman–Crippen LogP) is 3.24. The van der Waals surface area contributed by atoms with Crippen LogP contribution in [0.2, 0.25) is 0 Å². The summed E-state index contributed by atoms with van der Waals surface area (Å²) in [6.07, 6.45) is 1.03. The Balaban J connectivity index is 2.08. The first-order chi connectivity index (χ1) is 10.5. The monoisotopic (exact) mass is 359 g/mol. The highest BCUT2D eigenvalue weighted by Crippen LogP contribution is 2.27. The van der Waals surface area contributed by atoms with Crippen molar-refractivity contribution in [2.75, 3.05) is 17.1 Å². The van der Waals surface area contributed by atoms with E-state index in [4.69, 9.17) is 4.74 Å². The minimum absolute atomic E-state index is 0.161. The maximum Gasteiger partial charge on any atom is 0.263 e. The van der Waals surface area contributed by atoms with Crippen molar-refractivity contribution in [3.05, 3.63) is 24.3 Å². The summed E-state index contributed by atoms with van der Waals surface area (Å²) in [5.74, 6) is 1.57. The molecule has 0 spiro atoms. The summed E-state index contributed by atoms with van der Waals surface area (Å²) in [5.41, 5.74) is 0. The highest BCUT2D eigenvalue weighted by molar-refractivity contribution is 8.01. The first-order valence-electron chi connectivity index (χ1n) is 6.77. The van der Waals surface area contributed by atoms with Crippen molar-refractivity contribution in [3.8, 4) is 5.75 Å². The molecule has 1 heterocycles. The summed E-state index contributed by atoms with van der Waals surface area (Å²) < 4.78 is 33.0. The van der Waals surface area contributed by atoms with Gasteiger partial charge in [0.15, 0.2) is 4.34 Å². The molecule has 0 bridgehead atoms. The zero-order valence-electron chi connectivity index (χ0n) is 12.3. The van der Waals surface area contributed by atoms with Gasteiger partial charge in [-0.05, 0) is 37.6 Å². The molecule has 0 aliphatic heterocycles. The van der Waals surface area contributed by atoms with Gasteiger partial charge >= 0.3 is 0 Å². The SMILES string of the molecule is CCCSc1nnc(NS(=O)(=O)c2ccc(OCC)cc2)s1. The number of rotatable bonds is 8. The summed E-state index contributed by atoms with van der Waals surface area (Å²) in [6, 6.07) is 6.25. The third-order valence-electron chi connectivity index (χ3n) is 2.50. The maximum atomic E-state index is 12.3. The third kappa shape index (κ3) is 4.59. The quantitative estimate of drug-likeness (QED) is 0.729. The molecule has 0 atom stereocenters. The summed E-state index contributed by atoms with van der Waals surface area (Å²) >= 11 is 2.80. The van der Waals surface area contributed by atoms with Gasteiger partial charge in [-0.15, -0.1) is 10.2 Å². The lowest BCUT2D eigenvalue weighted by Crippen LogP contribution is -2.12. The summed E-state index contributed by atoms with van der Waals surface area (Å²) in [7, 11) is -3.66. The normalized spacial score (nSPS) is 11.4. The Hall–Kier alpha value is -1.32. The van der Waals surface area contributed by atoms with E-state index in [-0.39, 0.29) is 10.0 Å². The fraction of sp³-hybridized carbons (Fsp3) is 0.385. The van der Waals surface area contributed by atoms with Crippen molar-refractivity contribution in [1.82, 2.24) is 10.2 Å². The van der Waals surface area contributed by atoms with Gasteiger partial charge < -0.3 is 4.74 Å². The highest BCUT2D eigenvalue weighted by atomic mass is 32.2. The van der Waals surface area contributed by atoms with E-state index >= 15 is 0 Å². The Morgan fingerprint density at radius 3 is 2.59 bits per heavy atom. The van der Waals surface area contributed by atoms with Gasteiger partial charge in [-0.3, -0.25) is 4.72 Å². The van der Waals surface area contributed by atoms with E-state index in [1.165, 1.54) is 23.5 Å². The number of sulfonamides is 1. The van der Waals surface area contributed by atoms with Gasteiger partial charge in [0, 0.05) is 5.75 Å². The third-order valence-corrected chi connectivity index (χ3v) is 6.16. The summed E-state index contributed by atoms with van der Waals surface area (Å²) in [5, 5.41) is 8.08. The van der Waals surface area contributed by atoms with E-state index in [9.17, 15) is 8.42 Å². The number of ether oxygens (including phenoxy) is 1. The number of nitrogens with zero attached hydrogens (tertiary/aromatic N) is 2. The molecule has 1 aromatic carbocycles. The largest absolute Gasteiger partial charge is 0.494 e. The zero-order valence-corrected chi connectivity index (χ0v) is 14.7. The number of hydrogen-bond donors (Lipinski definition) is 1. The van der Waals surface area contributed by atoms with Gasteiger partial charge in [-0.1, -0.05) is 30.0 Å². The van der Waals surface area contributed by atoms with Crippen molar-refractivity contribution in [3.63, 3.8) is 0 Å². The van der Waals surface area contributed by atoms with Crippen LogP contribution in [0.1, 0.15) is 20.3 Å². The van der Waals surface area contributed by atoms with E-state index in [1.54, 1.807) is 23.9 Å². The molecule has 0 aliphatic carbocycles. The van der Waals surface area contributed by atoms with E-state index in [1.807, 2.05) is 6.92 Å². The van der Waals surface area contributed by atoms with Gasteiger partial charge in [-0.2, -0.15) is 0 Å². The number of hydrogen-bond acceptors (Lipinski definition) is 7. The van der Waals surface area contributed by atoms with E-state index in [0.717, 1.165) is 16.5 Å². The second-order valence-corrected chi connectivity index (χ2v) is 8.23. The van der Waals surface area contributed by atoms with Crippen molar-refractivity contribution >= 4 is 38.3 Å². The van der Waals surface area contributed by atoms with Crippen LogP contribution >= 0.6 is 23.1 Å². The van der Waals surface area contributed by atoms with Gasteiger partial charge in [0.25, 0.3) is 10.0 Å². The molecule has 1 aromatic heterocycles. The molecule has 120 valence electrons. The lowest BCUT2D eigenvalue weighted by Gasteiger charge is -2.06. The molecule has 1 N–H and O–H groups in total. The molecule has 0 fully saturated rings. The van der Waals surface area contributed by atoms with Gasteiger partial charge in [0.1, 0.15) is 5.75 Å². The molecule has 6 nitrogen and oxygen atoms in total. The van der Waals surface area contributed by atoms with Gasteiger partial charge in [-0.25, -0.2) is 8.42 Å². The van der Waals surface area contributed by atoms with Crippen LogP contribution in [-0.4, -0.2) is 31.0 Å². The Morgan fingerprint density at radius 2 is 1.95 bits per heavy atom. The molecule has 0 saturated heterocycles. The second kappa shape index (κ2) is 7.80. The smallest absolute Gasteiger partial charge is 0.263 e. The highest BCUT2D eigenvalue weighted by Gasteiger charge is 2.17. The van der Waals surface area contributed by atoms with Crippen LogP contribution in [-0.2, 0) is 10.0 Å². The Kier molecular flexibility index (Phi) is 6.04. The number of benzene rings is 1. The molecule has 2 rings (SSSR count). The first kappa shape index (κ1) is 17.0. The molecule has 0 radical (unpaired) electrons. The van der Waals surface area contributed by atoms with Crippen LogP contribution in [0.5, 0.6) is 5.75 Å². The molecular formula is C13H17N3O3S3. The topological polar surface area (TPSA) is 81.2 Å². The van der Waals surface area contributed by atoms with Crippen LogP contribution in [0.4, 0.5) is 5.13 Å². The fourth-order valence-electron chi connectivity index (χ4n) is 1.55. The Morgan fingerprint density at radius 1 is 1.23 bits per heavy atom. The van der Waals surface area contributed by atoms with Crippen LogP contribution in [0.3, 0.4) is 0 Å². The average Bonchev–Trinajstić information content (AvgIpc) is 2.93. The molecular weight excluding hydrogens is 342 g/mol. The minimum atomic E-state index is -3.66. The molecule has 0 amide bonds. The van der Waals surface area contributed by atoms with Crippen molar-refractivity contribution in [1.29, 1.82) is 0 Å². The van der Waals surface area contributed by atoms with Gasteiger partial charge in [0.2, 0.25) is 5.13 Å². The number of aromatic nitrogens is 2. The Labute approximate surface area is 138 Å². The van der Waals surface area contributed by atoms with Crippen molar-refractivity contribution in [2.45, 2.75) is 29.5 Å². The van der Waals surface area contributed by atoms with E-state index in [2.05, 4.69) is 21.8 Å². The predicted molar refractivity (Wildman–Crippen MR) is 89.3 cm³/mol. The molecule has 9 heteroatoms. The maximum absolute atomic E-state index is 12.3. The fourth-order valence-corrected chi connectivity index (χ4v) is 4.46. The Bertz CT molecular complexity index is 699. The number of thioether (sulfide) groups is 1. The van der Waals surface area contributed by atoms with Crippen LogP contribution in [0.25, 0.3) is 0 Å². The van der Waals surface area contributed by atoms with Crippen LogP contribution < -0.4 is 9.46 Å². The van der Waals surface area contributed by atoms with E-state index in [0.29, 0.717) is 12.4 Å². The van der Waals surface area contributed by atoms with Crippen molar-refractivity contribution < 1.29 is 13.2 Å². The zero-order chi connectivity index (χ0) is 16.0.